The van der Waals surface area contributed by atoms with Crippen molar-refractivity contribution in [3.63, 3.8) is 0 Å². The average Bonchev–Trinajstić information content (AvgIpc) is 1.99. The number of rotatable bonds is 3. The van der Waals surface area contributed by atoms with Crippen molar-refractivity contribution in [1.82, 2.24) is 10.6 Å². The molecule has 0 aromatic heterocycles. The normalized spacial score (nSPS) is 10.9. The zero-order valence-electron chi connectivity index (χ0n) is 6.69. The third-order valence-electron chi connectivity index (χ3n) is 1.13. The van der Waals surface area contributed by atoms with Gasteiger partial charge in [0.15, 0.2) is 0 Å². The Morgan fingerprint density at radius 3 is 2.50 bits per heavy atom. The van der Waals surface area contributed by atoms with Crippen LogP contribution in [0.2, 0.25) is 0 Å². The lowest BCUT2D eigenvalue weighted by Crippen LogP contribution is -2.28. The zero-order valence-corrected chi connectivity index (χ0v) is 6.69. The molecule has 0 aliphatic rings. The number of amides is 1. The van der Waals surface area contributed by atoms with Gasteiger partial charge in [-0.3, -0.25) is 4.79 Å². The van der Waals surface area contributed by atoms with E-state index in [1.165, 1.54) is 0 Å². The van der Waals surface area contributed by atoms with Crippen molar-refractivity contribution in [3.8, 4) is 0 Å². The van der Waals surface area contributed by atoms with Crippen molar-refractivity contribution < 1.29 is 4.79 Å². The lowest BCUT2D eigenvalue weighted by molar-refractivity contribution is -0.117. The van der Waals surface area contributed by atoms with Crippen LogP contribution in [0.1, 0.15) is 13.8 Å². The van der Waals surface area contributed by atoms with E-state index in [1.807, 2.05) is 13.8 Å². The standard InChI is InChI=1S/C7H14N2O/c1-4-6(9-5-2)7(10)8-3/h4,9H,5H2,1-3H3,(H,8,10)/b6-4-. The van der Waals surface area contributed by atoms with Crippen molar-refractivity contribution in [1.29, 1.82) is 0 Å². The lowest BCUT2D eigenvalue weighted by Gasteiger charge is -2.05. The van der Waals surface area contributed by atoms with Gasteiger partial charge in [-0.05, 0) is 13.8 Å². The first-order chi connectivity index (χ1) is 4.76. The summed E-state index contributed by atoms with van der Waals surface area (Å²) in [6.45, 7) is 4.55. The van der Waals surface area contributed by atoms with Crippen LogP contribution >= 0.6 is 0 Å². The molecule has 0 aliphatic carbocycles. The molecule has 2 N–H and O–H groups in total. The van der Waals surface area contributed by atoms with E-state index in [-0.39, 0.29) is 5.91 Å². The molecule has 0 unspecified atom stereocenters. The summed E-state index contributed by atoms with van der Waals surface area (Å²) >= 11 is 0. The smallest absolute Gasteiger partial charge is 0.266 e. The maximum atomic E-state index is 10.9. The van der Waals surface area contributed by atoms with Crippen LogP contribution in [0.4, 0.5) is 0 Å². The summed E-state index contributed by atoms with van der Waals surface area (Å²) in [4.78, 5) is 10.9. The molecule has 0 heterocycles. The molecule has 0 bridgehead atoms. The van der Waals surface area contributed by atoms with Gasteiger partial charge in [0, 0.05) is 13.6 Å². The lowest BCUT2D eigenvalue weighted by atomic mass is 10.4. The highest BCUT2D eigenvalue weighted by Crippen LogP contribution is 1.86. The minimum atomic E-state index is -0.0654. The van der Waals surface area contributed by atoms with E-state index in [1.54, 1.807) is 13.1 Å². The van der Waals surface area contributed by atoms with Crippen LogP contribution in [0, 0.1) is 0 Å². The van der Waals surface area contributed by atoms with E-state index >= 15 is 0 Å². The predicted molar refractivity (Wildman–Crippen MR) is 41.5 cm³/mol. The summed E-state index contributed by atoms with van der Waals surface area (Å²) in [5, 5.41) is 5.46. The van der Waals surface area contributed by atoms with Crippen molar-refractivity contribution in [2.45, 2.75) is 13.8 Å². The second-order valence-corrected chi connectivity index (χ2v) is 1.81. The monoisotopic (exact) mass is 142 g/mol. The molecule has 0 aromatic rings. The quantitative estimate of drug-likeness (QED) is 0.554. The van der Waals surface area contributed by atoms with Gasteiger partial charge in [-0.25, -0.2) is 0 Å². The fraction of sp³-hybridized carbons (Fsp3) is 0.571. The second-order valence-electron chi connectivity index (χ2n) is 1.81. The molecule has 0 saturated carbocycles. The van der Waals surface area contributed by atoms with Gasteiger partial charge >= 0.3 is 0 Å². The first-order valence-corrected chi connectivity index (χ1v) is 3.38. The molecule has 0 fully saturated rings. The molecule has 0 aliphatic heterocycles. The Morgan fingerprint density at radius 1 is 1.60 bits per heavy atom. The zero-order chi connectivity index (χ0) is 7.98. The van der Waals surface area contributed by atoms with Crippen molar-refractivity contribution >= 4 is 5.91 Å². The van der Waals surface area contributed by atoms with E-state index in [0.717, 1.165) is 6.54 Å². The van der Waals surface area contributed by atoms with Crippen LogP contribution in [-0.4, -0.2) is 19.5 Å². The molecule has 0 spiro atoms. The number of carbonyl (C=O) groups excluding carboxylic acids is 1. The Bertz CT molecular complexity index is 141. The van der Waals surface area contributed by atoms with Gasteiger partial charge in [0.05, 0.1) is 5.70 Å². The highest BCUT2D eigenvalue weighted by atomic mass is 16.1. The van der Waals surface area contributed by atoms with E-state index in [4.69, 9.17) is 0 Å². The molecule has 3 heteroatoms. The number of allylic oxidation sites excluding steroid dienone is 1. The summed E-state index contributed by atoms with van der Waals surface area (Å²) in [6, 6.07) is 0. The second kappa shape index (κ2) is 4.85. The van der Waals surface area contributed by atoms with E-state index in [0.29, 0.717) is 5.70 Å². The summed E-state index contributed by atoms with van der Waals surface area (Å²) in [7, 11) is 1.61. The van der Waals surface area contributed by atoms with Gasteiger partial charge in [0.2, 0.25) is 0 Å². The molecule has 3 nitrogen and oxygen atoms in total. The highest BCUT2D eigenvalue weighted by Gasteiger charge is 2.01. The molecule has 0 aromatic carbocycles. The van der Waals surface area contributed by atoms with Gasteiger partial charge in [-0.15, -0.1) is 0 Å². The van der Waals surface area contributed by atoms with Crippen LogP contribution in [0.5, 0.6) is 0 Å². The Hall–Kier alpha value is -0.990. The molecule has 0 rings (SSSR count). The first-order valence-electron chi connectivity index (χ1n) is 3.38. The maximum absolute atomic E-state index is 10.9. The predicted octanol–water partition coefficient (Wildman–Crippen LogP) is 0.246. The van der Waals surface area contributed by atoms with E-state index in [9.17, 15) is 4.79 Å². The molecule has 0 radical (unpaired) electrons. The summed E-state index contributed by atoms with van der Waals surface area (Å²) in [5.74, 6) is -0.0654. The third kappa shape index (κ3) is 2.53. The fourth-order valence-electron chi connectivity index (χ4n) is 0.639. The SMILES string of the molecule is C/C=C(\NCC)C(=O)NC. The number of hydrogen-bond acceptors (Lipinski definition) is 2. The molecular weight excluding hydrogens is 128 g/mol. The van der Waals surface area contributed by atoms with Gasteiger partial charge in [-0.1, -0.05) is 6.08 Å². The van der Waals surface area contributed by atoms with Crippen LogP contribution in [0.15, 0.2) is 11.8 Å². The molecule has 0 atom stereocenters. The van der Waals surface area contributed by atoms with Crippen molar-refractivity contribution in [2.75, 3.05) is 13.6 Å². The van der Waals surface area contributed by atoms with Crippen LogP contribution < -0.4 is 10.6 Å². The third-order valence-corrected chi connectivity index (χ3v) is 1.13. The molecule has 0 saturated heterocycles. The number of likely N-dealkylation sites (N-methyl/N-ethyl adjacent to an activating group) is 2. The Balaban J connectivity index is 3.95. The average molecular weight is 142 g/mol. The van der Waals surface area contributed by atoms with Crippen LogP contribution in [0.3, 0.4) is 0 Å². The maximum Gasteiger partial charge on any atom is 0.266 e. The van der Waals surface area contributed by atoms with Gasteiger partial charge in [0.25, 0.3) is 5.91 Å². The van der Waals surface area contributed by atoms with Crippen LogP contribution in [0.25, 0.3) is 0 Å². The summed E-state index contributed by atoms with van der Waals surface area (Å²) in [5.41, 5.74) is 0.630. The Morgan fingerprint density at radius 2 is 2.20 bits per heavy atom. The Labute approximate surface area is 61.5 Å². The molecule has 10 heavy (non-hydrogen) atoms. The van der Waals surface area contributed by atoms with Gasteiger partial charge in [0.1, 0.15) is 0 Å². The van der Waals surface area contributed by atoms with Crippen molar-refractivity contribution in [3.05, 3.63) is 11.8 Å². The van der Waals surface area contributed by atoms with Gasteiger partial charge < -0.3 is 10.6 Å². The Kier molecular flexibility index (Phi) is 4.37. The summed E-state index contributed by atoms with van der Waals surface area (Å²) < 4.78 is 0. The first kappa shape index (κ1) is 9.01. The number of nitrogens with one attached hydrogen (secondary N) is 2. The minimum Gasteiger partial charge on any atom is -0.381 e. The van der Waals surface area contributed by atoms with E-state index < -0.39 is 0 Å². The highest BCUT2D eigenvalue weighted by molar-refractivity contribution is 5.92. The molecule has 58 valence electrons. The fourth-order valence-corrected chi connectivity index (χ4v) is 0.639. The largest absolute Gasteiger partial charge is 0.381 e. The minimum absolute atomic E-state index is 0.0654. The van der Waals surface area contributed by atoms with E-state index in [2.05, 4.69) is 10.6 Å². The molecular formula is C7H14N2O. The number of hydrogen-bond donors (Lipinski definition) is 2. The summed E-state index contributed by atoms with van der Waals surface area (Å²) in [6.07, 6.45) is 1.75. The van der Waals surface area contributed by atoms with Crippen LogP contribution in [-0.2, 0) is 4.79 Å². The molecule has 1 amide bonds. The van der Waals surface area contributed by atoms with Gasteiger partial charge in [-0.2, -0.15) is 0 Å². The number of carbonyl (C=O) groups is 1. The topological polar surface area (TPSA) is 41.1 Å². The van der Waals surface area contributed by atoms with Crippen molar-refractivity contribution in [2.24, 2.45) is 0 Å².